The second-order valence-electron chi connectivity index (χ2n) is 6.75. The molecule has 0 unspecified atom stereocenters. The lowest BCUT2D eigenvalue weighted by atomic mass is 9.99. The first-order valence-corrected chi connectivity index (χ1v) is 9.00. The number of pyridine rings is 1. The number of halogens is 4. The first-order valence-electron chi connectivity index (χ1n) is 8.62. The number of aromatic nitrogens is 1. The van der Waals surface area contributed by atoms with Gasteiger partial charge in [0.15, 0.2) is 0 Å². The maximum atomic E-state index is 13.0. The molecule has 1 aliphatic heterocycles. The molecule has 4 nitrogen and oxygen atoms in total. The smallest absolute Gasteiger partial charge is 0.370 e. The number of piperidine rings is 1. The molecular weight excluding hydrogens is 379 g/mol. The molecule has 0 radical (unpaired) electrons. The van der Waals surface area contributed by atoms with E-state index < -0.39 is 22.7 Å². The molecule has 144 valence electrons. The van der Waals surface area contributed by atoms with E-state index in [1.807, 2.05) is 0 Å². The average molecular weight is 398 g/mol. The van der Waals surface area contributed by atoms with Gasteiger partial charge in [-0.3, -0.25) is 9.78 Å². The highest BCUT2D eigenvalue weighted by atomic mass is 35.5. The molecule has 2 heterocycles. The van der Waals surface area contributed by atoms with Crippen LogP contribution >= 0.6 is 11.6 Å². The number of alkyl halides is 3. The van der Waals surface area contributed by atoms with Gasteiger partial charge in [-0.15, -0.1) is 0 Å². The Kier molecular flexibility index (Phi) is 5.60. The van der Waals surface area contributed by atoms with Crippen molar-refractivity contribution in [3.63, 3.8) is 0 Å². The lowest BCUT2D eigenvalue weighted by Crippen LogP contribution is -2.33. The topological polar surface area (TPSA) is 45.2 Å². The summed E-state index contributed by atoms with van der Waals surface area (Å²) in [6, 6.07) is 4.98. The maximum Gasteiger partial charge on any atom is 0.417 e. The van der Waals surface area contributed by atoms with Crippen LogP contribution in [0.5, 0.6) is 0 Å². The molecular formula is C19H19ClF3N3O. The van der Waals surface area contributed by atoms with Gasteiger partial charge in [0.05, 0.1) is 28.0 Å². The molecule has 27 heavy (non-hydrogen) atoms. The maximum absolute atomic E-state index is 13.0. The van der Waals surface area contributed by atoms with Crippen LogP contribution in [0.1, 0.15) is 35.7 Å². The van der Waals surface area contributed by atoms with Gasteiger partial charge in [-0.05, 0) is 43.0 Å². The minimum Gasteiger partial charge on any atom is -0.370 e. The molecule has 0 bridgehead atoms. The van der Waals surface area contributed by atoms with Gasteiger partial charge in [-0.25, -0.2) is 0 Å². The number of hydrogen-bond donors (Lipinski definition) is 1. The third-order valence-corrected chi connectivity index (χ3v) is 4.99. The van der Waals surface area contributed by atoms with Gasteiger partial charge in [0.25, 0.3) is 5.91 Å². The first kappa shape index (κ1) is 19.5. The third kappa shape index (κ3) is 4.71. The van der Waals surface area contributed by atoms with Crippen LogP contribution < -0.4 is 10.2 Å². The molecule has 1 aromatic heterocycles. The quantitative estimate of drug-likeness (QED) is 0.770. The Morgan fingerprint density at radius 2 is 1.93 bits per heavy atom. The number of hydrogen-bond acceptors (Lipinski definition) is 3. The van der Waals surface area contributed by atoms with Crippen molar-refractivity contribution in [2.75, 3.05) is 23.3 Å². The minimum absolute atomic E-state index is 0.0222. The van der Waals surface area contributed by atoms with Crippen LogP contribution in [0.4, 0.5) is 24.5 Å². The summed E-state index contributed by atoms with van der Waals surface area (Å²) in [5.74, 6) is 0.151. The summed E-state index contributed by atoms with van der Waals surface area (Å²) >= 11 is 5.60. The molecule has 1 saturated heterocycles. The Bertz CT molecular complexity index is 833. The van der Waals surface area contributed by atoms with Crippen LogP contribution in [0, 0.1) is 5.92 Å². The van der Waals surface area contributed by atoms with E-state index >= 15 is 0 Å². The molecule has 0 atom stereocenters. The predicted octanol–water partition coefficient (Wildman–Crippen LogP) is 5.24. The molecule has 0 spiro atoms. The van der Waals surface area contributed by atoms with Gasteiger partial charge in [0.1, 0.15) is 0 Å². The molecule has 2 aromatic rings. The Morgan fingerprint density at radius 3 is 2.59 bits per heavy atom. The van der Waals surface area contributed by atoms with Gasteiger partial charge in [0, 0.05) is 25.0 Å². The number of nitrogens with zero attached hydrogens (tertiary/aromatic N) is 2. The van der Waals surface area contributed by atoms with E-state index in [1.54, 1.807) is 12.3 Å². The van der Waals surface area contributed by atoms with Crippen LogP contribution in [-0.2, 0) is 6.18 Å². The third-order valence-electron chi connectivity index (χ3n) is 4.66. The lowest BCUT2D eigenvalue weighted by molar-refractivity contribution is -0.137. The van der Waals surface area contributed by atoms with E-state index in [0.717, 1.165) is 43.8 Å². The van der Waals surface area contributed by atoms with Crippen molar-refractivity contribution in [3.05, 3.63) is 52.8 Å². The molecule has 1 aromatic carbocycles. The highest BCUT2D eigenvalue weighted by Gasteiger charge is 2.33. The van der Waals surface area contributed by atoms with Crippen molar-refractivity contribution >= 4 is 28.9 Å². The first-order chi connectivity index (χ1) is 12.7. The number of rotatable bonds is 3. The van der Waals surface area contributed by atoms with Crippen LogP contribution in [0.3, 0.4) is 0 Å². The average Bonchev–Trinajstić information content (AvgIpc) is 2.63. The van der Waals surface area contributed by atoms with Crippen molar-refractivity contribution in [1.29, 1.82) is 0 Å². The molecule has 1 fully saturated rings. The molecule has 1 N–H and O–H groups in total. The van der Waals surface area contributed by atoms with E-state index in [1.165, 1.54) is 12.3 Å². The number of anilines is 2. The van der Waals surface area contributed by atoms with Crippen LogP contribution in [0.15, 0.2) is 36.7 Å². The van der Waals surface area contributed by atoms with Gasteiger partial charge in [-0.2, -0.15) is 13.2 Å². The summed E-state index contributed by atoms with van der Waals surface area (Å²) in [7, 11) is 0. The Hall–Kier alpha value is -2.28. The summed E-state index contributed by atoms with van der Waals surface area (Å²) in [5.41, 5.74) is 0.154. The lowest BCUT2D eigenvalue weighted by Gasteiger charge is -2.32. The monoisotopic (exact) mass is 397 g/mol. The zero-order valence-corrected chi connectivity index (χ0v) is 15.4. The number of nitrogens with one attached hydrogen (secondary N) is 1. The predicted molar refractivity (Wildman–Crippen MR) is 99.3 cm³/mol. The summed E-state index contributed by atoms with van der Waals surface area (Å²) in [5, 5.41) is 2.07. The van der Waals surface area contributed by atoms with E-state index in [9.17, 15) is 18.0 Å². The Labute approximate surface area is 160 Å². The van der Waals surface area contributed by atoms with Crippen LogP contribution in [0.2, 0.25) is 5.02 Å². The van der Waals surface area contributed by atoms with E-state index in [-0.39, 0.29) is 11.3 Å². The number of benzene rings is 1. The van der Waals surface area contributed by atoms with Crippen molar-refractivity contribution in [2.45, 2.75) is 25.9 Å². The van der Waals surface area contributed by atoms with Crippen LogP contribution in [-0.4, -0.2) is 24.0 Å². The molecule has 0 saturated carbocycles. The fourth-order valence-corrected chi connectivity index (χ4v) is 3.24. The Morgan fingerprint density at radius 1 is 1.22 bits per heavy atom. The van der Waals surface area contributed by atoms with Crippen molar-refractivity contribution in [2.24, 2.45) is 5.92 Å². The molecule has 3 rings (SSSR count). The second kappa shape index (κ2) is 7.76. The number of amides is 1. The largest absolute Gasteiger partial charge is 0.417 e. The highest BCUT2D eigenvalue weighted by molar-refractivity contribution is 6.31. The van der Waals surface area contributed by atoms with Gasteiger partial charge in [0.2, 0.25) is 0 Å². The molecule has 1 aliphatic rings. The minimum atomic E-state index is -4.59. The molecule has 0 aliphatic carbocycles. The standard InChI is InChI=1S/C19H19ClF3N3O/c1-12-4-6-26(7-5-12)15-8-13(10-24-11-15)18(27)25-14-2-3-17(20)16(9-14)19(21,22)23/h2-3,8-12H,4-7H2,1H3,(H,25,27). The van der Waals surface area contributed by atoms with Crippen molar-refractivity contribution < 1.29 is 18.0 Å². The highest BCUT2D eigenvalue weighted by Crippen LogP contribution is 2.36. The van der Waals surface area contributed by atoms with Crippen molar-refractivity contribution in [1.82, 2.24) is 4.98 Å². The SMILES string of the molecule is CC1CCN(c2cncc(C(=O)Nc3ccc(Cl)c(C(F)(F)F)c3)c2)CC1. The van der Waals surface area contributed by atoms with Crippen molar-refractivity contribution in [3.8, 4) is 0 Å². The van der Waals surface area contributed by atoms with E-state index in [4.69, 9.17) is 11.6 Å². The van der Waals surface area contributed by atoms with Crippen LogP contribution in [0.25, 0.3) is 0 Å². The zero-order valence-electron chi connectivity index (χ0n) is 14.7. The summed E-state index contributed by atoms with van der Waals surface area (Å²) < 4.78 is 38.9. The van der Waals surface area contributed by atoms with Gasteiger partial charge in [-0.1, -0.05) is 18.5 Å². The summed E-state index contributed by atoms with van der Waals surface area (Å²) in [4.78, 5) is 18.7. The zero-order chi connectivity index (χ0) is 19.6. The molecule has 1 amide bonds. The fourth-order valence-electron chi connectivity index (χ4n) is 3.02. The van der Waals surface area contributed by atoms with E-state index in [2.05, 4.69) is 22.1 Å². The van der Waals surface area contributed by atoms with Gasteiger partial charge >= 0.3 is 6.18 Å². The van der Waals surface area contributed by atoms with Gasteiger partial charge < -0.3 is 10.2 Å². The Balaban J connectivity index is 1.76. The fraction of sp³-hybridized carbons (Fsp3) is 0.368. The normalized spacial score (nSPS) is 15.7. The summed E-state index contributed by atoms with van der Waals surface area (Å²) in [6.45, 7) is 3.99. The number of carbonyl (C=O) groups is 1. The van der Waals surface area contributed by atoms with E-state index in [0.29, 0.717) is 5.92 Å². The second-order valence-corrected chi connectivity index (χ2v) is 7.16. The summed E-state index contributed by atoms with van der Waals surface area (Å²) in [6.07, 6.45) is 0.635. The molecule has 8 heteroatoms. The number of carbonyl (C=O) groups excluding carboxylic acids is 1.